The van der Waals surface area contributed by atoms with Crippen molar-refractivity contribution in [3.8, 4) is 16.8 Å². The number of furan rings is 2. The van der Waals surface area contributed by atoms with E-state index in [0.29, 0.717) is 0 Å². The number of benzene rings is 8. The molecule has 14 rings (SSSR count). The Morgan fingerprint density at radius 3 is 2.00 bits per heavy atom. The number of hydrogen-bond donors (Lipinski definition) is 1. The molecule has 4 nitrogen and oxygen atoms in total. The third kappa shape index (κ3) is 5.95. The maximum absolute atomic E-state index is 7.28. The third-order valence-corrected chi connectivity index (χ3v) is 17.5. The Balaban J connectivity index is 1.15. The van der Waals surface area contributed by atoms with Crippen molar-refractivity contribution in [2.45, 2.75) is 104 Å². The summed E-state index contributed by atoms with van der Waals surface area (Å²) in [5.74, 6) is 0. The average Bonchev–Trinajstić information content (AvgIpc) is 4.08. The molecular formula is C64H56BN2O2S. The van der Waals surface area contributed by atoms with Crippen LogP contribution in [0.25, 0.3) is 103 Å². The quantitative estimate of drug-likeness (QED) is 0.180. The molecule has 4 aromatic heterocycles. The second kappa shape index (κ2) is 14.0. The number of rotatable bonds is 3. The van der Waals surface area contributed by atoms with Crippen LogP contribution < -0.4 is 16.2 Å². The molecule has 0 saturated heterocycles. The van der Waals surface area contributed by atoms with Crippen LogP contribution in [-0.4, -0.2) is 11.8 Å². The van der Waals surface area contributed by atoms with Gasteiger partial charge in [0.15, 0.2) is 7.28 Å². The van der Waals surface area contributed by atoms with Gasteiger partial charge in [-0.25, -0.2) is 0 Å². The van der Waals surface area contributed by atoms with Crippen LogP contribution in [0.1, 0.15) is 104 Å². The minimum Gasteiger partial charge on any atom is -0.456 e. The van der Waals surface area contributed by atoms with Gasteiger partial charge in [0.1, 0.15) is 22.3 Å². The zero-order valence-corrected chi connectivity index (χ0v) is 42.6. The lowest BCUT2D eigenvalue weighted by Gasteiger charge is -2.41. The van der Waals surface area contributed by atoms with Crippen molar-refractivity contribution in [3.63, 3.8) is 0 Å². The van der Waals surface area contributed by atoms with E-state index in [2.05, 4.69) is 214 Å². The van der Waals surface area contributed by atoms with Gasteiger partial charge >= 0.3 is 0 Å². The number of nitrogens with one attached hydrogen (secondary N) is 1. The predicted molar refractivity (Wildman–Crippen MR) is 301 cm³/mol. The summed E-state index contributed by atoms with van der Waals surface area (Å²) in [4.78, 5) is 0. The Morgan fingerprint density at radius 1 is 0.571 bits per heavy atom. The summed E-state index contributed by atoms with van der Waals surface area (Å²) in [6.45, 7) is 23.4. The molecule has 0 saturated carbocycles. The molecule has 0 bridgehead atoms. The number of thiophene rings is 1. The van der Waals surface area contributed by atoms with Gasteiger partial charge in [0, 0.05) is 64.7 Å². The molecule has 0 unspecified atom stereocenters. The zero-order chi connectivity index (χ0) is 48.0. The second-order valence-electron chi connectivity index (χ2n) is 23.9. The predicted octanol–water partition coefficient (Wildman–Crippen LogP) is 17.3. The minimum absolute atomic E-state index is 0.0320. The molecule has 0 amide bonds. The highest BCUT2D eigenvalue weighted by molar-refractivity contribution is 7.25. The summed E-state index contributed by atoms with van der Waals surface area (Å²) in [5.41, 5.74) is 19.3. The Labute approximate surface area is 413 Å². The SMILES string of the molecule is CC(C)(C)c1ccc(Nc2cc3oc4cc5c(cc4c3cc2-c2c3c4c(c6cc(C(C)(C)C)ccc6n4-c4cc6sc7ccccc7c6cc4[B]3)c3oc4ccccc4c23)C(C)(C)CCC5(C)C)cc1. The molecule has 343 valence electrons. The van der Waals surface area contributed by atoms with Crippen molar-refractivity contribution in [2.24, 2.45) is 0 Å². The van der Waals surface area contributed by atoms with E-state index in [1.54, 1.807) is 0 Å². The summed E-state index contributed by atoms with van der Waals surface area (Å²) >= 11 is 1.88. The molecule has 70 heavy (non-hydrogen) atoms. The van der Waals surface area contributed by atoms with Gasteiger partial charge in [-0.15, -0.1) is 11.3 Å². The Kier molecular flexibility index (Phi) is 8.42. The van der Waals surface area contributed by atoms with Gasteiger partial charge in [-0.3, -0.25) is 0 Å². The fourth-order valence-electron chi connectivity index (χ4n) is 12.3. The fraction of sp³-hybridized carbons (Fsp3) is 0.250. The van der Waals surface area contributed by atoms with Crippen molar-refractivity contribution < 1.29 is 8.83 Å². The van der Waals surface area contributed by atoms with E-state index in [9.17, 15) is 0 Å². The van der Waals surface area contributed by atoms with Crippen LogP contribution in [-0.2, 0) is 21.7 Å². The lowest BCUT2D eigenvalue weighted by molar-refractivity contribution is 0.332. The van der Waals surface area contributed by atoms with Gasteiger partial charge in [0.2, 0.25) is 0 Å². The average molecular weight is 928 g/mol. The first-order chi connectivity index (χ1) is 33.4. The van der Waals surface area contributed by atoms with Gasteiger partial charge in [-0.2, -0.15) is 0 Å². The molecule has 1 radical (unpaired) electrons. The number of anilines is 2. The molecule has 0 fully saturated rings. The highest BCUT2D eigenvalue weighted by atomic mass is 32.1. The Morgan fingerprint density at radius 2 is 1.24 bits per heavy atom. The monoisotopic (exact) mass is 927 g/mol. The van der Waals surface area contributed by atoms with Gasteiger partial charge < -0.3 is 18.7 Å². The van der Waals surface area contributed by atoms with Crippen molar-refractivity contribution in [1.82, 2.24) is 4.57 Å². The second-order valence-corrected chi connectivity index (χ2v) is 25.0. The molecule has 1 N–H and O–H groups in total. The molecule has 1 aliphatic carbocycles. The normalized spacial score (nSPS) is 15.5. The van der Waals surface area contributed by atoms with E-state index < -0.39 is 0 Å². The number of nitrogens with zero attached hydrogens (tertiary/aromatic N) is 1. The first-order valence-corrected chi connectivity index (χ1v) is 25.9. The van der Waals surface area contributed by atoms with Crippen molar-refractivity contribution in [1.29, 1.82) is 0 Å². The van der Waals surface area contributed by atoms with E-state index >= 15 is 0 Å². The third-order valence-electron chi connectivity index (χ3n) is 16.4. The van der Waals surface area contributed by atoms with Crippen molar-refractivity contribution in [3.05, 3.63) is 150 Å². The minimum atomic E-state index is -0.0511. The van der Waals surface area contributed by atoms with Gasteiger partial charge in [0.05, 0.1) is 22.1 Å². The molecule has 5 heterocycles. The fourth-order valence-corrected chi connectivity index (χ4v) is 13.4. The van der Waals surface area contributed by atoms with Crippen molar-refractivity contribution >= 4 is 127 Å². The van der Waals surface area contributed by atoms with Gasteiger partial charge in [-0.05, 0) is 134 Å². The number of para-hydroxylation sites is 1. The van der Waals surface area contributed by atoms with Crippen LogP contribution in [0.2, 0.25) is 0 Å². The zero-order valence-electron chi connectivity index (χ0n) is 41.8. The van der Waals surface area contributed by atoms with E-state index in [4.69, 9.17) is 8.83 Å². The molecule has 12 aromatic rings. The summed E-state index contributed by atoms with van der Waals surface area (Å²) in [5, 5.41) is 13.5. The van der Waals surface area contributed by atoms with Crippen LogP contribution in [0.3, 0.4) is 0 Å². The summed E-state index contributed by atoms with van der Waals surface area (Å²) in [6.07, 6.45) is 2.29. The smallest absolute Gasteiger partial charge is 0.197 e. The summed E-state index contributed by atoms with van der Waals surface area (Å²) < 4.78 is 19.5. The highest BCUT2D eigenvalue weighted by Gasteiger charge is 2.39. The maximum atomic E-state index is 7.28. The molecule has 6 heteroatoms. The van der Waals surface area contributed by atoms with Gasteiger partial charge in [-0.1, -0.05) is 135 Å². The summed E-state index contributed by atoms with van der Waals surface area (Å²) in [6, 6.07) is 48.0. The lowest BCUT2D eigenvalue weighted by atomic mass is 9.58. The van der Waals surface area contributed by atoms with E-state index in [-0.39, 0.29) is 21.7 Å². The molecular weight excluding hydrogens is 872 g/mol. The molecule has 0 atom stereocenters. The Bertz CT molecular complexity index is 4250. The van der Waals surface area contributed by atoms with Crippen molar-refractivity contribution in [2.75, 3.05) is 5.32 Å². The van der Waals surface area contributed by atoms with Crippen LogP contribution in [0, 0.1) is 0 Å². The van der Waals surface area contributed by atoms with Crippen LogP contribution in [0.15, 0.2) is 136 Å². The van der Waals surface area contributed by atoms with Crippen LogP contribution in [0.5, 0.6) is 0 Å². The molecule has 0 spiro atoms. The molecule has 8 aromatic carbocycles. The Hall–Kier alpha value is -6.76. The maximum Gasteiger partial charge on any atom is 0.197 e. The topological polar surface area (TPSA) is 43.2 Å². The highest BCUT2D eigenvalue weighted by Crippen LogP contribution is 2.52. The number of aromatic nitrogens is 1. The molecule has 2 aliphatic rings. The standard InChI is InChI=1S/C64H56BN2O2S/c1-61(2,3)34-19-22-36(23-20-34)66-47-32-52-39(40-29-44-45(31-51(40)68-52)64(9,10)26-25-63(44,7)8)28-42(47)55-56-38-16-11-13-17-50(38)69-60(56)57-43-27-35(62(4,5)6)21-24-48(43)67-49-33-54-41(30-46(49)65-58(55)59(57)67)37-15-12-14-18-53(37)70-54/h11-24,27-33,66H,25-26H2,1-10H3. The summed E-state index contributed by atoms with van der Waals surface area (Å²) in [7, 11) is 2.49. The van der Waals surface area contributed by atoms with E-state index in [1.807, 2.05) is 11.3 Å². The number of fused-ring (bicyclic) bond motifs is 16. The van der Waals surface area contributed by atoms with E-state index in [1.165, 1.54) is 75.5 Å². The van der Waals surface area contributed by atoms with E-state index in [0.717, 1.165) is 84.6 Å². The van der Waals surface area contributed by atoms with Crippen LogP contribution in [0.4, 0.5) is 11.4 Å². The largest absolute Gasteiger partial charge is 0.456 e. The lowest BCUT2D eigenvalue weighted by Crippen LogP contribution is -2.37. The first-order valence-electron chi connectivity index (χ1n) is 25.1. The van der Waals surface area contributed by atoms with Gasteiger partial charge in [0.25, 0.3) is 0 Å². The number of hydrogen-bond acceptors (Lipinski definition) is 4. The first kappa shape index (κ1) is 42.2. The van der Waals surface area contributed by atoms with Crippen LogP contribution >= 0.6 is 11.3 Å². The molecule has 1 aliphatic heterocycles.